The molecule has 0 atom stereocenters. The van der Waals surface area contributed by atoms with Crippen molar-refractivity contribution in [3.63, 3.8) is 0 Å². The Kier molecular flexibility index (Phi) is 9.11. The van der Waals surface area contributed by atoms with E-state index in [0.717, 1.165) is 17.8 Å². The minimum Gasteiger partial charge on any atom is -0.398 e. The average molecular weight is 287 g/mol. The number of rotatable bonds is 11. The summed E-state index contributed by atoms with van der Waals surface area (Å²) in [5.41, 5.74) is 8.53. The van der Waals surface area contributed by atoms with Gasteiger partial charge in [-0.05, 0) is 30.2 Å². The molecule has 0 aromatic heterocycles. The minimum atomic E-state index is 0.374. The van der Waals surface area contributed by atoms with Gasteiger partial charge in [0.15, 0.2) is 0 Å². The van der Waals surface area contributed by atoms with Crippen molar-refractivity contribution in [3.05, 3.63) is 23.8 Å². The highest BCUT2D eigenvalue weighted by Gasteiger charge is 2.00. The molecule has 3 nitrogen and oxygen atoms in total. The van der Waals surface area contributed by atoms with Crippen LogP contribution in [0.5, 0.6) is 0 Å². The van der Waals surface area contributed by atoms with Gasteiger partial charge in [-0.3, -0.25) is 0 Å². The largest absolute Gasteiger partial charge is 0.398 e. The van der Waals surface area contributed by atoms with Crippen LogP contribution in [0.4, 0.5) is 11.4 Å². The van der Waals surface area contributed by atoms with E-state index in [9.17, 15) is 0 Å². The second-order valence-electron chi connectivity index (χ2n) is 5.65. The second kappa shape index (κ2) is 11.0. The maximum atomic E-state index is 8.76. The Hall–Kier alpha value is -1.69. The molecule has 3 N–H and O–H groups in total. The summed E-state index contributed by atoms with van der Waals surface area (Å²) in [6.45, 7) is 3.25. The van der Waals surface area contributed by atoms with Crippen molar-refractivity contribution in [2.45, 2.75) is 64.7 Å². The third-order valence-electron chi connectivity index (χ3n) is 3.77. The Bertz CT molecular complexity index is 435. The van der Waals surface area contributed by atoms with E-state index in [2.05, 4.69) is 18.3 Å². The summed E-state index contributed by atoms with van der Waals surface area (Å²) in [5.74, 6) is 0. The van der Waals surface area contributed by atoms with Crippen molar-refractivity contribution in [2.24, 2.45) is 0 Å². The van der Waals surface area contributed by atoms with Crippen molar-refractivity contribution in [1.29, 1.82) is 5.26 Å². The highest BCUT2D eigenvalue weighted by Crippen LogP contribution is 2.18. The Morgan fingerprint density at radius 3 is 2.38 bits per heavy atom. The van der Waals surface area contributed by atoms with E-state index in [-0.39, 0.29) is 0 Å². The maximum Gasteiger partial charge on any atom is 0.0670 e. The molecule has 0 aliphatic rings. The number of nitriles is 1. The lowest BCUT2D eigenvalue weighted by Crippen LogP contribution is -2.03. The van der Waals surface area contributed by atoms with Gasteiger partial charge in [0.05, 0.1) is 12.5 Å². The first kappa shape index (κ1) is 17.4. The van der Waals surface area contributed by atoms with Crippen LogP contribution in [-0.4, -0.2) is 6.54 Å². The molecule has 0 fully saturated rings. The molecular weight excluding hydrogens is 258 g/mol. The third-order valence-corrected chi connectivity index (χ3v) is 3.77. The number of unbranched alkanes of at least 4 members (excludes halogenated alkanes) is 7. The molecule has 0 saturated carbocycles. The van der Waals surface area contributed by atoms with E-state index < -0.39 is 0 Å². The number of nitrogens with two attached hydrogens (primary N) is 1. The summed E-state index contributed by atoms with van der Waals surface area (Å²) in [6, 6.07) is 8.00. The van der Waals surface area contributed by atoms with Crippen LogP contribution in [0.2, 0.25) is 0 Å². The zero-order valence-electron chi connectivity index (χ0n) is 13.3. The number of hydrogen-bond acceptors (Lipinski definition) is 3. The first-order chi connectivity index (χ1) is 10.3. The van der Waals surface area contributed by atoms with Crippen LogP contribution < -0.4 is 11.1 Å². The molecule has 0 unspecified atom stereocenters. The molecular formula is C18H29N3. The predicted molar refractivity (Wildman–Crippen MR) is 91.3 cm³/mol. The number of nitrogens with one attached hydrogen (secondary N) is 1. The van der Waals surface area contributed by atoms with E-state index in [1.54, 1.807) is 0 Å². The Morgan fingerprint density at radius 1 is 1.05 bits per heavy atom. The van der Waals surface area contributed by atoms with E-state index in [1.807, 2.05) is 18.2 Å². The van der Waals surface area contributed by atoms with Crippen molar-refractivity contribution >= 4 is 11.4 Å². The van der Waals surface area contributed by atoms with Crippen LogP contribution in [0, 0.1) is 11.3 Å². The molecule has 3 heteroatoms. The molecule has 0 amide bonds. The standard InChI is InChI=1S/C18H29N3/c1-2-3-4-5-6-7-8-9-14-21-17-10-11-18(20)16(15-17)12-13-19/h10-11,15,21H,2-9,12,14,20H2,1H3. The molecule has 0 aliphatic heterocycles. The lowest BCUT2D eigenvalue weighted by atomic mass is 10.1. The number of nitrogens with zero attached hydrogens (tertiary/aromatic N) is 1. The summed E-state index contributed by atoms with van der Waals surface area (Å²) in [5, 5.41) is 12.2. The van der Waals surface area contributed by atoms with Gasteiger partial charge < -0.3 is 11.1 Å². The molecule has 0 heterocycles. The average Bonchev–Trinajstić information content (AvgIpc) is 2.49. The fourth-order valence-corrected chi connectivity index (χ4v) is 2.45. The summed E-state index contributed by atoms with van der Waals surface area (Å²) < 4.78 is 0. The van der Waals surface area contributed by atoms with Crippen molar-refractivity contribution in [1.82, 2.24) is 0 Å². The number of nitrogen functional groups attached to an aromatic ring is 1. The third kappa shape index (κ3) is 7.60. The molecule has 0 bridgehead atoms. The van der Waals surface area contributed by atoms with Gasteiger partial charge in [-0.15, -0.1) is 0 Å². The van der Waals surface area contributed by atoms with E-state index in [4.69, 9.17) is 11.0 Å². The lowest BCUT2D eigenvalue weighted by molar-refractivity contribution is 0.581. The van der Waals surface area contributed by atoms with Gasteiger partial charge in [0.25, 0.3) is 0 Å². The van der Waals surface area contributed by atoms with Crippen LogP contribution >= 0.6 is 0 Å². The van der Waals surface area contributed by atoms with Crippen LogP contribution in [0.1, 0.15) is 63.9 Å². The first-order valence-electron chi connectivity index (χ1n) is 8.27. The molecule has 0 radical (unpaired) electrons. The van der Waals surface area contributed by atoms with Gasteiger partial charge in [0.1, 0.15) is 0 Å². The van der Waals surface area contributed by atoms with Crippen LogP contribution in [0.25, 0.3) is 0 Å². The Morgan fingerprint density at radius 2 is 1.71 bits per heavy atom. The molecule has 1 rings (SSSR count). The SMILES string of the molecule is CCCCCCCCCCNc1ccc(N)c(CC#N)c1. The second-order valence-corrected chi connectivity index (χ2v) is 5.65. The van der Waals surface area contributed by atoms with Gasteiger partial charge in [-0.25, -0.2) is 0 Å². The normalized spacial score (nSPS) is 10.3. The fraction of sp³-hybridized carbons (Fsp3) is 0.611. The number of anilines is 2. The van der Waals surface area contributed by atoms with Crippen molar-refractivity contribution in [2.75, 3.05) is 17.6 Å². The van der Waals surface area contributed by atoms with Crippen molar-refractivity contribution in [3.8, 4) is 6.07 Å². The minimum absolute atomic E-state index is 0.374. The molecule has 1 aromatic carbocycles. The maximum absolute atomic E-state index is 8.76. The Labute approximate surface area is 129 Å². The highest BCUT2D eigenvalue weighted by atomic mass is 14.9. The monoisotopic (exact) mass is 287 g/mol. The van der Waals surface area contributed by atoms with E-state index in [0.29, 0.717) is 12.1 Å². The summed E-state index contributed by atoms with van der Waals surface area (Å²) in [6.07, 6.45) is 11.0. The molecule has 0 saturated heterocycles. The predicted octanol–water partition coefficient (Wildman–Crippen LogP) is 4.89. The van der Waals surface area contributed by atoms with Gasteiger partial charge in [-0.2, -0.15) is 5.26 Å². The van der Waals surface area contributed by atoms with Gasteiger partial charge in [-0.1, -0.05) is 51.9 Å². The molecule has 1 aromatic rings. The fourth-order valence-electron chi connectivity index (χ4n) is 2.45. The van der Waals surface area contributed by atoms with Gasteiger partial charge >= 0.3 is 0 Å². The summed E-state index contributed by atoms with van der Waals surface area (Å²) >= 11 is 0. The zero-order chi connectivity index (χ0) is 15.3. The molecule has 0 aliphatic carbocycles. The zero-order valence-corrected chi connectivity index (χ0v) is 13.3. The van der Waals surface area contributed by atoms with Crippen LogP contribution in [0.15, 0.2) is 18.2 Å². The van der Waals surface area contributed by atoms with Crippen LogP contribution in [-0.2, 0) is 6.42 Å². The first-order valence-corrected chi connectivity index (χ1v) is 8.27. The van der Waals surface area contributed by atoms with E-state index >= 15 is 0 Å². The van der Waals surface area contributed by atoms with Crippen LogP contribution in [0.3, 0.4) is 0 Å². The topological polar surface area (TPSA) is 61.8 Å². The molecule has 21 heavy (non-hydrogen) atoms. The summed E-state index contributed by atoms with van der Waals surface area (Å²) in [7, 11) is 0. The van der Waals surface area contributed by atoms with E-state index in [1.165, 1.54) is 51.4 Å². The summed E-state index contributed by atoms with van der Waals surface area (Å²) in [4.78, 5) is 0. The highest BCUT2D eigenvalue weighted by molar-refractivity contribution is 5.57. The lowest BCUT2D eigenvalue weighted by Gasteiger charge is -2.09. The van der Waals surface area contributed by atoms with Gasteiger partial charge in [0, 0.05) is 17.9 Å². The molecule has 116 valence electrons. The smallest absolute Gasteiger partial charge is 0.0670 e. The number of benzene rings is 1. The quantitative estimate of drug-likeness (QED) is 0.450. The van der Waals surface area contributed by atoms with Gasteiger partial charge in [0.2, 0.25) is 0 Å². The number of hydrogen-bond donors (Lipinski definition) is 2. The van der Waals surface area contributed by atoms with Crippen molar-refractivity contribution < 1.29 is 0 Å². The Balaban J connectivity index is 2.13. The molecule has 0 spiro atoms.